The maximum absolute atomic E-state index is 2.67. The largest absolute Gasteiger partial charge is 0.295 e. The van der Waals surface area contributed by atoms with Gasteiger partial charge in [0.15, 0.2) is 0 Å². The van der Waals surface area contributed by atoms with Crippen molar-refractivity contribution in [2.24, 2.45) is 11.8 Å². The first kappa shape index (κ1) is 22.1. The summed E-state index contributed by atoms with van der Waals surface area (Å²) in [5.74, 6) is 1.79. The van der Waals surface area contributed by atoms with Crippen LogP contribution < -0.4 is 0 Å². The van der Waals surface area contributed by atoms with E-state index in [0.29, 0.717) is 0 Å². The van der Waals surface area contributed by atoms with Crippen molar-refractivity contribution in [3.8, 4) is 0 Å². The highest BCUT2D eigenvalue weighted by molar-refractivity contribution is 5.27. The van der Waals surface area contributed by atoms with Crippen LogP contribution in [0.15, 0.2) is 54.6 Å². The molecule has 0 N–H and O–H groups in total. The van der Waals surface area contributed by atoms with Crippen molar-refractivity contribution in [3.05, 3.63) is 71.3 Å². The van der Waals surface area contributed by atoms with Crippen molar-refractivity contribution in [2.45, 2.75) is 84.7 Å². The van der Waals surface area contributed by atoms with Gasteiger partial charge in [0.25, 0.3) is 0 Å². The van der Waals surface area contributed by atoms with Gasteiger partial charge in [-0.2, -0.15) is 0 Å². The highest BCUT2D eigenvalue weighted by Gasteiger charge is 2.21. The van der Waals surface area contributed by atoms with E-state index in [-0.39, 0.29) is 5.41 Å². The van der Waals surface area contributed by atoms with E-state index in [1.54, 1.807) is 0 Å². The summed E-state index contributed by atoms with van der Waals surface area (Å²) in [5, 5.41) is 0. The average molecular weight is 392 g/mol. The highest BCUT2D eigenvalue weighted by atomic mass is 15.1. The van der Waals surface area contributed by atoms with Gasteiger partial charge < -0.3 is 0 Å². The van der Waals surface area contributed by atoms with Gasteiger partial charge in [-0.05, 0) is 46.9 Å². The smallest absolute Gasteiger partial charge is 0.0237 e. The third-order valence-corrected chi connectivity index (χ3v) is 6.83. The fourth-order valence-electron chi connectivity index (χ4n) is 4.77. The van der Waals surface area contributed by atoms with E-state index in [0.717, 1.165) is 24.9 Å². The lowest BCUT2D eigenvalue weighted by Crippen LogP contribution is -2.27. The lowest BCUT2D eigenvalue weighted by molar-refractivity contribution is 0.209. The van der Waals surface area contributed by atoms with Crippen molar-refractivity contribution in [2.75, 3.05) is 6.54 Å². The van der Waals surface area contributed by atoms with E-state index < -0.39 is 0 Å². The van der Waals surface area contributed by atoms with E-state index in [1.165, 1.54) is 61.8 Å². The van der Waals surface area contributed by atoms with Gasteiger partial charge in [0.2, 0.25) is 0 Å². The molecule has 1 aliphatic carbocycles. The predicted octanol–water partition coefficient (Wildman–Crippen LogP) is 7.59. The average Bonchev–Trinajstić information content (AvgIpc) is 2.91. The molecule has 2 unspecified atom stereocenters. The molecule has 3 rings (SSSR count). The summed E-state index contributed by atoms with van der Waals surface area (Å²) in [5.41, 5.74) is 4.50. The number of benzene rings is 2. The summed E-state index contributed by atoms with van der Waals surface area (Å²) < 4.78 is 0. The van der Waals surface area contributed by atoms with Crippen molar-refractivity contribution in [1.29, 1.82) is 0 Å². The predicted molar refractivity (Wildman–Crippen MR) is 126 cm³/mol. The molecular weight excluding hydrogens is 350 g/mol. The van der Waals surface area contributed by atoms with Crippen LogP contribution in [0.5, 0.6) is 0 Å². The van der Waals surface area contributed by atoms with Gasteiger partial charge in [-0.3, -0.25) is 4.90 Å². The number of nitrogens with zero attached hydrogens (tertiary/aromatic N) is 1. The number of hydrogen-bond donors (Lipinski definition) is 0. The minimum Gasteiger partial charge on any atom is -0.295 e. The Balaban J connectivity index is 1.67. The van der Waals surface area contributed by atoms with E-state index in [4.69, 9.17) is 0 Å². The molecule has 1 fully saturated rings. The van der Waals surface area contributed by atoms with E-state index in [9.17, 15) is 0 Å². The third kappa shape index (κ3) is 7.00. The molecule has 0 saturated heterocycles. The summed E-state index contributed by atoms with van der Waals surface area (Å²) in [7, 11) is 0. The Kier molecular flexibility index (Phi) is 7.95. The Bertz CT molecular complexity index is 710. The zero-order valence-electron chi connectivity index (χ0n) is 19.2. The molecule has 1 heteroatoms. The molecule has 0 aliphatic heterocycles. The van der Waals surface area contributed by atoms with E-state index in [2.05, 4.69) is 87.2 Å². The number of hydrogen-bond acceptors (Lipinski definition) is 1. The van der Waals surface area contributed by atoms with E-state index >= 15 is 0 Å². The fourth-order valence-corrected chi connectivity index (χ4v) is 4.77. The lowest BCUT2D eigenvalue weighted by atomic mass is 9.86. The Labute approximate surface area is 179 Å². The maximum Gasteiger partial charge on any atom is 0.0237 e. The SMILES string of the molecule is CC1CCCCCC1CCN(Cc1ccccc1)Cc1ccc(C(C)(C)C)cc1. The van der Waals surface area contributed by atoms with Gasteiger partial charge in [0.05, 0.1) is 0 Å². The zero-order chi connectivity index (χ0) is 20.7. The topological polar surface area (TPSA) is 3.24 Å². The molecule has 0 spiro atoms. The molecule has 0 radical (unpaired) electrons. The molecule has 2 aromatic carbocycles. The van der Waals surface area contributed by atoms with Crippen LogP contribution in [0.25, 0.3) is 0 Å². The molecule has 0 aromatic heterocycles. The van der Waals surface area contributed by atoms with Gasteiger partial charge in [-0.1, -0.05) is 114 Å². The monoisotopic (exact) mass is 391 g/mol. The summed E-state index contributed by atoms with van der Waals surface area (Å²) in [6.45, 7) is 12.6. The Hall–Kier alpha value is -1.60. The molecule has 1 nitrogen and oxygen atoms in total. The molecular formula is C28H41N. The quantitative estimate of drug-likeness (QED) is 0.439. The first-order valence-corrected chi connectivity index (χ1v) is 11.8. The maximum atomic E-state index is 2.67. The van der Waals surface area contributed by atoms with Crippen LogP contribution >= 0.6 is 0 Å². The summed E-state index contributed by atoms with van der Waals surface area (Å²) in [4.78, 5) is 2.67. The highest BCUT2D eigenvalue weighted by Crippen LogP contribution is 2.31. The minimum atomic E-state index is 0.220. The molecule has 2 atom stereocenters. The minimum absolute atomic E-state index is 0.220. The molecule has 1 saturated carbocycles. The first-order valence-electron chi connectivity index (χ1n) is 11.8. The van der Waals surface area contributed by atoms with Crippen LogP contribution in [0, 0.1) is 11.8 Å². The van der Waals surface area contributed by atoms with Gasteiger partial charge in [0, 0.05) is 13.1 Å². The molecule has 0 heterocycles. The first-order chi connectivity index (χ1) is 13.9. The fraction of sp³-hybridized carbons (Fsp3) is 0.571. The van der Waals surface area contributed by atoms with Crippen LogP contribution in [0.1, 0.15) is 82.9 Å². The molecule has 2 aromatic rings. The number of rotatable bonds is 7. The Morgan fingerprint density at radius 3 is 2.07 bits per heavy atom. The summed E-state index contributed by atoms with van der Waals surface area (Å²) in [6, 6.07) is 20.3. The van der Waals surface area contributed by atoms with Crippen LogP contribution in [-0.4, -0.2) is 11.4 Å². The van der Waals surface area contributed by atoms with Crippen molar-refractivity contribution in [1.82, 2.24) is 4.90 Å². The van der Waals surface area contributed by atoms with Crippen LogP contribution in [0.2, 0.25) is 0 Å². The summed E-state index contributed by atoms with van der Waals surface area (Å²) in [6.07, 6.45) is 8.51. The van der Waals surface area contributed by atoms with Crippen LogP contribution in [0.4, 0.5) is 0 Å². The second kappa shape index (κ2) is 10.4. The standard InChI is InChI=1S/C28H41N/c1-23-11-7-5-10-14-26(23)19-20-29(21-24-12-8-6-9-13-24)22-25-15-17-27(18-16-25)28(2,3)4/h6,8-9,12-13,15-18,23,26H,5,7,10-11,14,19-22H2,1-4H3. The Morgan fingerprint density at radius 2 is 1.41 bits per heavy atom. The molecule has 0 bridgehead atoms. The molecule has 0 amide bonds. The molecule has 29 heavy (non-hydrogen) atoms. The van der Waals surface area contributed by atoms with Gasteiger partial charge in [-0.15, -0.1) is 0 Å². The van der Waals surface area contributed by atoms with Gasteiger partial charge in [-0.25, -0.2) is 0 Å². The van der Waals surface area contributed by atoms with Crippen molar-refractivity contribution >= 4 is 0 Å². The van der Waals surface area contributed by atoms with Crippen LogP contribution in [0.3, 0.4) is 0 Å². The second-order valence-electron chi connectivity index (χ2n) is 10.3. The zero-order valence-corrected chi connectivity index (χ0v) is 19.2. The van der Waals surface area contributed by atoms with Gasteiger partial charge in [0.1, 0.15) is 0 Å². The van der Waals surface area contributed by atoms with Crippen molar-refractivity contribution in [3.63, 3.8) is 0 Å². The lowest BCUT2D eigenvalue weighted by Gasteiger charge is -2.28. The van der Waals surface area contributed by atoms with Gasteiger partial charge >= 0.3 is 0 Å². The van der Waals surface area contributed by atoms with Crippen molar-refractivity contribution < 1.29 is 0 Å². The Morgan fingerprint density at radius 1 is 0.793 bits per heavy atom. The molecule has 158 valence electrons. The molecule has 1 aliphatic rings. The third-order valence-electron chi connectivity index (χ3n) is 6.83. The van der Waals surface area contributed by atoms with Crippen LogP contribution in [-0.2, 0) is 18.5 Å². The van der Waals surface area contributed by atoms with E-state index in [1.807, 2.05) is 0 Å². The summed E-state index contributed by atoms with van der Waals surface area (Å²) >= 11 is 0. The normalized spacial score (nSPS) is 20.6. The second-order valence-corrected chi connectivity index (χ2v) is 10.3.